The molecule has 0 amide bonds. The normalized spacial score (nSPS) is 26.5. The summed E-state index contributed by atoms with van der Waals surface area (Å²) in [5.74, 6) is 0. The van der Waals surface area contributed by atoms with Gasteiger partial charge in [-0.1, -0.05) is 20.2 Å². The van der Waals surface area contributed by atoms with Gasteiger partial charge < -0.3 is 54.7 Å². The van der Waals surface area contributed by atoms with Gasteiger partial charge in [-0.3, -0.25) is 61.6 Å². The highest BCUT2D eigenvalue weighted by Crippen LogP contribution is 2.34. The molecule has 4 aromatic rings. The van der Waals surface area contributed by atoms with Crippen LogP contribution in [0.2, 0.25) is 0 Å². The fourth-order valence-electron chi connectivity index (χ4n) is 8.85. The van der Waals surface area contributed by atoms with E-state index in [-0.39, 0.29) is 52.1 Å². The molecule has 4 saturated heterocycles. The molecule has 0 spiro atoms. The average Bonchev–Trinajstić information content (AvgIpc) is 3.03. The molecule has 8 heterocycles. The van der Waals surface area contributed by atoms with Crippen LogP contribution in [0.4, 0.5) is 0 Å². The van der Waals surface area contributed by atoms with Gasteiger partial charge in [-0.25, -0.2) is 19.2 Å². The number of hydrogen-bond donors (Lipinski definition) is 11. The van der Waals surface area contributed by atoms with Crippen LogP contribution in [0, 0.1) is 27.7 Å². The van der Waals surface area contributed by atoms with Crippen molar-refractivity contribution in [3.8, 4) is 0 Å². The third-order valence-electron chi connectivity index (χ3n) is 13.0. The van der Waals surface area contributed by atoms with Crippen LogP contribution in [0.25, 0.3) is 0 Å². The number of aromatic amines is 4. The van der Waals surface area contributed by atoms with E-state index in [9.17, 15) is 62.1 Å². The Hall–Kier alpha value is -5.81. The molecule has 4 unspecified atom stereocenters. The van der Waals surface area contributed by atoms with Crippen molar-refractivity contribution in [1.29, 1.82) is 4.29 Å². The number of rotatable bonds is 19. The summed E-state index contributed by atoms with van der Waals surface area (Å²) in [5.41, 5.74) is -2.54. The molecule has 0 aliphatic carbocycles. The van der Waals surface area contributed by atoms with Crippen molar-refractivity contribution in [3.05, 3.63) is 130 Å². The van der Waals surface area contributed by atoms with E-state index in [1.54, 1.807) is 27.7 Å². The molecule has 0 radical (unpaired) electrons. The molecule has 0 aromatic carbocycles. The fraction of sp³-hybridized carbons (Fsp3) is 0.680. The maximum absolute atomic E-state index is 12.0. The van der Waals surface area contributed by atoms with Gasteiger partial charge in [-0.2, -0.15) is 8.42 Å². The zero-order valence-corrected chi connectivity index (χ0v) is 46.7. The summed E-state index contributed by atoms with van der Waals surface area (Å²) < 4.78 is 81.6. The van der Waals surface area contributed by atoms with Gasteiger partial charge in [0.25, 0.3) is 32.4 Å². The Morgan fingerprint density at radius 2 is 0.827 bits per heavy atom. The molecule has 4 aliphatic heterocycles. The van der Waals surface area contributed by atoms with Gasteiger partial charge in [0, 0.05) is 93.9 Å². The number of hydrogen-bond acceptors (Lipinski definition) is 22. The van der Waals surface area contributed by atoms with Gasteiger partial charge in [0.1, 0.15) is 37.1 Å². The monoisotopic (exact) mass is 1180 g/mol. The molecule has 8 rings (SSSR count). The van der Waals surface area contributed by atoms with Gasteiger partial charge in [-0.05, 0) is 66.2 Å². The van der Waals surface area contributed by atoms with E-state index in [4.69, 9.17) is 33.9 Å². The number of aromatic nitrogens is 8. The van der Waals surface area contributed by atoms with Crippen molar-refractivity contribution >= 4 is 10.1 Å². The first-order chi connectivity index (χ1) is 40.2. The summed E-state index contributed by atoms with van der Waals surface area (Å²) in [4.78, 5) is 101. The van der Waals surface area contributed by atoms with Crippen LogP contribution in [0.3, 0.4) is 0 Å². The number of nitrogens with zero attached hydrogens (tertiary/aromatic N) is 4. The number of aliphatic hydroxyl groups is 7. The highest BCUT2D eigenvalue weighted by Gasteiger charge is 2.40. The first-order valence-electron chi connectivity index (χ1n) is 28.1. The summed E-state index contributed by atoms with van der Waals surface area (Å²) in [6.45, 7) is 9.30. The van der Waals surface area contributed by atoms with E-state index in [2.05, 4.69) is 35.3 Å². The first kappa shape index (κ1) is 61.3. The number of nitrogens with one attached hydrogen (secondary N) is 4. The fourth-order valence-corrected chi connectivity index (χ4v) is 9.50. The van der Waals surface area contributed by atoms with Crippen molar-refractivity contribution in [3.63, 3.8) is 0 Å². The van der Waals surface area contributed by atoms with E-state index in [1.807, 2.05) is 6.92 Å². The van der Waals surface area contributed by atoms with Crippen molar-refractivity contribution < 1.29 is 68.7 Å². The third kappa shape index (κ3) is 19.4. The van der Waals surface area contributed by atoms with Crippen LogP contribution >= 0.6 is 0 Å². The van der Waals surface area contributed by atoms with E-state index >= 15 is 0 Å². The second kappa shape index (κ2) is 31.6. The maximum Gasteiger partial charge on any atom is 0.330 e. The topological polar surface area (TPSA) is 441 Å². The molecule has 31 heteroatoms. The lowest BCUT2D eigenvalue weighted by Crippen LogP contribution is -2.33. The predicted molar refractivity (Wildman–Crippen MR) is 288 cm³/mol. The predicted octanol–water partition coefficient (Wildman–Crippen LogP) is -2.32. The lowest BCUT2D eigenvalue weighted by molar-refractivity contribution is -0.0459. The number of H-pyrrole nitrogens is 4. The van der Waals surface area contributed by atoms with Crippen LogP contribution < -0.4 is 45.0 Å². The molecule has 12 atom stereocenters. The van der Waals surface area contributed by atoms with Crippen LogP contribution in [-0.2, 0) is 33.2 Å². The Bertz CT molecular complexity index is 3250. The molecular weight excluding hydrogens is 1100 g/mol. The molecule has 30 nitrogen and oxygen atoms in total. The summed E-state index contributed by atoms with van der Waals surface area (Å²) >= 11 is 0. The highest BCUT2D eigenvalue weighted by atomic mass is 32.2. The molecule has 4 fully saturated rings. The maximum atomic E-state index is 12.0. The van der Waals surface area contributed by atoms with Crippen molar-refractivity contribution in [2.45, 2.75) is 186 Å². The summed E-state index contributed by atoms with van der Waals surface area (Å²) in [5, 5.41) is 51.0. The van der Waals surface area contributed by atoms with E-state index < -0.39 is 129 Å². The van der Waals surface area contributed by atoms with Crippen LogP contribution in [0.1, 0.15) is 133 Å². The number of aryl methyl sites for hydroxylation is 4. The summed E-state index contributed by atoms with van der Waals surface area (Å²) in [7, 11) is -3.70. The molecule has 0 saturated carbocycles. The minimum atomic E-state index is -3.70. The van der Waals surface area contributed by atoms with Gasteiger partial charge in [0.2, 0.25) is 4.29 Å². The Morgan fingerprint density at radius 1 is 0.543 bits per heavy atom. The first-order valence-corrected chi connectivity index (χ1v) is 28.0. The van der Waals surface area contributed by atoms with Crippen LogP contribution in [0.5, 0.6) is 0 Å². The number of ether oxygens (including phenoxy) is 4. The zero-order chi connectivity index (χ0) is 63.3. The SMILES string of the molecule is Cc1cn([C@H]2CC(O)[C@@H](CO)O2)c(=O)[nH]c1=O.[3H]CCC.[3H]OCCC[C@H]1O[C@@H](n2cc(C)c(=O)[nH]c2=O)CC1O.[3H]OCCC[C@H]1O[C@@H](n2cc(C)c(=O)[nH]c2=O)CC1O.[3H]OCCC[C@H]1O[C@@H](n2cc(C)c(=O)[nH]c2=O)CC1OS(C)(=O)=O. The van der Waals surface area contributed by atoms with Gasteiger partial charge in [0.15, 0.2) is 0 Å². The molecule has 4 aromatic heterocycles. The Balaban J connectivity index is 0.000000239. The van der Waals surface area contributed by atoms with Crippen molar-refractivity contribution in [2.24, 2.45) is 0 Å². The molecule has 81 heavy (non-hydrogen) atoms. The van der Waals surface area contributed by atoms with E-state index in [0.29, 0.717) is 67.7 Å². The standard InChI is InChI=1S/C13H20N2O7S.2C12H18N2O5.C10H14N2O5.C3H8/c1-8-7-15(13(18)14-12(8)17)11-6-10(22-23(2,19)20)9(21-11)4-3-5-16;2*1-7-6-14(12(18)13-11(7)17)10-5-8(16)9(19-10)3-2-4-15;1-5-3-12(10(16)11-9(5)15)8-2-6(14)7(4-13)17-8;1-3-2/h7,9-11,16H,3-6H2,1-2H3,(H,14,17,18);2*6,8-10,15-16H,2-5H2,1H3,(H,13,17,18);3,6-8,13-14H,2,4H2,1H3,(H,11,15,16);3H2,1-2H3/t9-,10?,11-;2*8?,9-,10-;6?,7-,8-;/m1111./s1/i16T;2*15T;;1T. The smallest absolute Gasteiger partial charge is 0.330 e. The minimum Gasteiger partial charge on any atom is -0.396 e. The molecule has 456 valence electrons. The lowest BCUT2D eigenvalue weighted by atomic mass is 10.1. The van der Waals surface area contributed by atoms with Gasteiger partial charge in [-0.15, -0.1) is 0 Å². The lowest BCUT2D eigenvalue weighted by Gasteiger charge is -2.17. The third-order valence-corrected chi connectivity index (χ3v) is 13.6. The summed E-state index contributed by atoms with van der Waals surface area (Å²) in [6, 6.07) is 0. The number of aliphatic hydroxyl groups excluding tert-OH is 7. The zero-order valence-electron chi connectivity index (χ0n) is 49.9. The van der Waals surface area contributed by atoms with Crippen LogP contribution in [0.15, 0.2) is 63.1 Å². The Kier molecular flexibility index (Phi) is 23.9. The van der Waals surface area contributed by atoms with Gasteiger partial charge in [0.05, 0.1) is 49.5 Å². The minimum absolute atomic E-state index is 0.144. The van der Waals surface area contributed by atoms with E-state index in [0.717, 1.165) is 12.7 Å². The van der Waals surface area contributed by atoms with Crippen LogP contribution in [-0.4, -0.2) is 168 Å². The average molecular weight is 1180 g/mol. The quantitative estimate of drug-likeness (QED) is 0.0347. The summed E-state index contributed by atoms with van der Waals surface area (Å²) in [6.07, 6.45) is 4.11. The highest BCUT2D eigenvalue weighted by molar-refractivity contribution is 7.86. The Labute approximate surface area is 469 Å². The van der Waals surface area contributed by atoms with Crippen molar-refractivity contribution in [1.82, 2.24) is 38.2 Å². The Morgan fingerprint density at radius 3 is 1.11 bits per heavy atom. The van der Waals surface area contributed by atoms with E-state index in [1.165, 1.54) is 43.1 Å². The molecular formula is C50H78N8O22S. The molecule has 11 N–H and O–H groups in total. The molecule has 0 bridgehead atoms. The van der Waals surface area contributed by atoms with Crippen molar-refractivity contribution in [2.75, 3.05) is 32.7 Å². The second-order valence-corrected chi connectivity index (χ2v) is 21.2. The molecule has 4 aliphatic rings. The largest absolute Gasteiger partial charge is 0.396 e. The second-order valence-electron chi connectivity index (χ2n) is 19.6. The van der Waals surface area contributed by atoms with Gasteiger partial charge >= 0.3 is 22.8 Å².